The highest BCUT2D eigenvalue weighted by Crippen LogP contribution is 2.10. The molecule has 1 aliphatic heterocycles. The van der Waals surface area contributed by atoms with Gasteiger partial charge in [0.25, 0.3) is 0 Å². The van der Waals surface area contributed by atoms with Crippen molar-refractivity contribution < 1.29 is 9.53 Å². The van der Waals surface area contributed by atoms with E-state index >= 15 is 0 Å². The van der Waals surface area contributed by atoms with E-state index in [0.29, 0.717) is 13.0 Å². The molecule has 1 saturated heterocycles. The zero-order valence-corrected chi connectivity index (χ0v) is 13.5. The molecule has 1 fully saturated rings. The average molecular weight is 306 g/mol. The lowest BCUT2D eigenvalue weighted by Crippen LogP contribution is -2.45. The fourth-order valence-electron chi connectivity index (χ4n) is 2.55. The number of piperazine rings is 1. The Bertz CT molecular complexity index is 447. The molecule has 22 heavy (non-hydrogen) atoms. The number of hydrogen-bond acceptors (Lipinski definition) is 5. The minimum atomic E-state index is -0.189. The molecule has 1 aromatic rings. The lowest BCUT2D eigenvalue weighted by molar-refractivity contribution is -0.122. The van der Waals surface area contributed by atoms with Crippen LogP contribution in [0.1, 0.15) is 18.2 Å². The zero-order valence-electron chi connectivity index (χ0n) is 13.5. The smallest absolute Gasteiger partial charge is 0.221 e. The molecule has 2 heterocycles. The monoisotopic (exact) mass is 306 g/mol. The Morgan fingerprint density at radius 3 is 2.77 bits per heavy atom. The van der Waals surface area contributed by atoms with Crippen LogP contribution in [0.3, 0.4) is 0 Å². The summed E-state index contributed by atoms with van der Waals surface area (Å²) in [6.07, 6.45) is 2.24. The third-order valence-corrected chi connectivity index (χ3v) is 3.96. The maximum atomic E-state index is 12.2. The molecule has 0 saturated carbocycles. The molecule has 6 nitrogen and oxygen atoms in total. The molecule has 1 atom stereocenters. The first kappa shape index (κ1) is 16.9. The summed E-state index contributed by atoms with van der Waals surface area (Å²) in [5, 5.41) is 3.02. The van der Waals surface area contributed by atoms with Gasteiger partial charge in [-0.2, -0.15) is 0 Å². The first-order valence-corrected chi connectivity index (χ1v) is 7.79. The third kappa shape index (κ3) is 5.36. The van der Waals surface area contributed by atoms with Gasteiger partial charge in [-0.15, -0.1) is 0 Å². The Labute approximate surface area is 132 Å². The molecule has 0 bridgehead atoms. The molecule has 6 heteroatoms. The quantitative estimate of drug-likeness (QED) is 0.796. The second-order valence-corrected chi connectivity index (χ2v) is 5.72. The molecule has 2 rings (SSSR count). The fraction of sp³-hybridized carbons (Fsp3) is 0.625. The fourth-order valence-corrected chi connectivity index (χ4v) is 2.55. The van der Waals surface area contributed by atoms with Gasteiger partial charge in [0, 0.05) is 52.5 Å². The molecular formula is C16H26N4O2. The van der Waals surface area contributed by atoms with Crippen LogP contribution in [0.25, 0.3) is 0 Å². The lowest BCUT2D eigenvalue weighted by atomic mass is 10.2. The SMILES string of the molecule is COC[C@@H](NC(=O)CCN1CCN(C)CC1)c1ccccn1. The molecule has 1 N–H and O–H groups in total. The predicted octanol–water partition coefficient (Wildman–Crippen LogP) is 0.523. The van der Waals surface area contributed by atoms with Gasteiger partial charge in [-0.05, 0) is 19.2 Å². The van der Waals surface area contributed by atoms with Gasteiger partial charge in [-0.25, -0.2) is 0 Å². The van der Waals surface area contributed by atoms with Crippen molar-refractivity contribution in [3.8, 4) is 0 Å². The molecule has 122 valence electrons. The normalized spacial score (nSPS) is 18.1. The van der Waals surface area contributed by atoms with Crippen LogP contribution < -0.4 is 5.32 Å². The minimum Gasteiger partial charge on any atom is -0.382 e. The Morgan fingerprint density at radius 2 is 2.14 bits per heavy atom. The van der Waals surface area contributed by atoms with Crippen LogP contribution in [0, 0.1) is 0 Å². The summed E-state index contributed by atoms with van der Waals surface area (Å²) in [4.78, 5) is 21.1. The zero-order chi connectivity index (χ0) is 15.8. The number of amides is 1. The molecule has 0 aromatic carbocycles. The van der Waals surface area contributed by atoms with Gasteiger partial charge in [0.05, 0.1) is 18.3 Å². The van der Waals surface area contributed by atoms with Gasteiger partial charge in [0.1, 0.15) is 0 Å². The third-order valence-electron chi connectivity index (χ3n) is 3.96. The van der Waals surface area contributed by atoms with Crippen LogP contribution in [0.2, 0.25) is 0 Å². The van der Waals surface area contributed by atoms with Crippen molar-refractivity contribution in [3.63, 3.8) is 0 Å². The molecule has 1 aromatic heterocycles. The van der Waals surface area contributed by atoms with Crippen molar-refractivity contribution in [1.82, 2.24) is 20.1 Å². The van der Waals surface area contributed by atoms with Crippen LogP contribution in [0.15, 0.2) is 24.4 Å². The van der Waals surface area contributed by atoms with E-state index in [0.717, 1.165) is 38.4 Å². The first-order chi connectivity index (χ1) is 10.7. The van der Waals surface area contributed by atoms with Gasteiger partial charge in [-0.3, -0.25) is 9.78 Å². The van der Waals surface area contributed by atoms with E-state index in [1.165, 1.54) is 0 Å². The van der Waals surface area contributed by atoms with Crippen molar-refractivity contribution in [1.29, 1.82) is 0 Å². The number of hydrogen-bond donors (Lipinski definition) is 1. The summed E-state index contributed by atoms with van der Waals surface area (Å²) in [6.45, 7) is 5.44. The highest BCUT2D eigenvalue weighted by molar-refractivity contribution is 5.76. The molecular weight excluding hydrogens is 280 g/mol. The number of rotatable bonds is 7. The van der Waals surface area contributed by atoms with E-state index in [-0.39, 0.29) is 11.9 Å². The predicted molar refractivity (Wildman–Crippen MR) is 85.6 cm³/mol. The summed E-state index contributed by atoms with van der Waals surface area (Å²) in [5.41, 5.74) is 0.831. The van der Waals surface area contributed by atoms with Crippen LogP contribution in [0.5, 0.6) is 0 Å². The second kappa shape index (κ2) is 8.82. The molecule has 1 amide bonds. The largest absolute Gasteiger partial charge is 0.382 e. The minimum absolute atomic E-state index is 0.0478. The number of carbonyl (C=O) groups excluding carboxylic acids is 1. The van der Waals surface area contributed by atoms with Crippen LogP contribution in [0.4, 0.5) is 0 Å². The van der Waals surface area contributed by atoms with E-state index in [1.54, 1.807) is 13.3 Å². The Balaban J connectivity index is 1.79. The van der Waals surface area contributed by atoms with E-state index in [4.69, 9.17) is 4.74 Å². The van der Waals surface area contributed by atoms with Gasteiger partial charge >= 0.3 is 0 Å². The number of carbonyl (C=O) groups is 1. The number of nitrogens with one attached hydrogen (secondary N) is 1. The van der Waals surface area contributed by atoms with Crippen molar-refractivity contribution in [2.45, 2.75) is 12.5 Å². The van der Waals surface area contributed by atoms with Gasteiger partial charge in [0.2, 0.25) is 5.91 Å². The van der Waals surface area contributed by atoms with Crippen LogP contribution in [-0.2, 0) is 9.53 Å². The number of nitrogens with zero attached hydrogens (tertiary/aromatic N) is 3. The van der Waals surface area contributed by atoms with Gasteiger partial charge in [0.15, 0.2) is 0 Å². The highest BCUT2D eigenvalue weighted by Gasteiger charge is 2.18. The van der Waals surface area contributed by atoms with Crippen molar-refractivity contribution in [3.05, 3.63) is 30.1 Å². The standard InChI is InChI=1S/C16H26N4O2/c1-19-9-11-20(12-10-19)8-6-16(21)18-15(13-22-2)14-5-3-4-7-17-14/h3-5,7,15H,6,8-13H2,1-2H3,(H,18,21)/t15-/m1/s1. The van der Waals surface area contributed by atoms with E-state index in [1.807, 2.05) is 18.2 Å². The number of methoxy groups -OCH3 is 1. The summed E-state index contributed by atoms with van der Waals surface area (Å²) >= 11 is 0. The van der Waals surface area contributed by atoms with E-state index < -0.39 is 0 Å². The second-order valence-electron chi connectivity index (χ2n) is 5.72. The van der Waals surface area contributed by atoms with Crippen molar-refractivity contribution in [2.75, 3.05) is 53.5 Å². The molecule has 0 aliphatic carbocycles. The maximum Gasteiger partial charge on any atom is 0.221 e. The topological polar surface area (TPSA) is 57.7 Å². The molecule has 0 spiro atoms. The van der Waals surface area contributed by atoms with Crippen LogP contribution in [-0.4, -0.2) is 74.2 Å². The molecule has 0 unspecified atom stereocenters. The maximum absolute atomic E-state index is 12.2. The lowest BCUT2D eigenvalue weighted by Gasteiger charge is -2.32. The number of ether oxygens (including phenoxy) is 1. The van der Waals surface area contributed by atoms with Gasteiger partial charge in [-0.1, -0.05) is 6.07 Å². The summed E-state index contributed by atoms with van der Waals surface area (Å²) in [5.74, 6) is 0.0478. The first-order valence-electron chi connectivity index (χ1n) is 7.79. The van der Waals surface area contributed by atoms with Crippen molar-refractivity contribution >= 4 is 5.91 Å². The Hall–Kier alpha value is -1.50. The molecule has 1 aliphatic rings. The average Bonchev–Trinajstić information content (AvgIpc) is 2.55. The summed E-state index contributed by atoms with van der Waals surface area (Å²) in [6, 6.07) is 5.50. The Kier molecular flexibility index (Phi) is 6.76. The number of pyridine rings is 1. The Morgan fingerprint density at radius 1 is 1.36 bits per heavy atom. The summed E-state index contributed by atoms with van der Waals surface area (Å²) in [7, 11) is 3.76. The van der Waals surface area contributed by atoms with E-state index in [9.17, 15) is 4.79 Å². The van der Waals surface area contributed by atoms with E-state index in [2.05, 4.69) is 27.1 Å². The summed E-state index contributed by atoms with van der Waals surface area (Å²) < 4.78 is 5.19. The van der Waals surface area contributed by atoms with Crippen LogP contribution >= 0.6 is 0 Å². The number of aromatic nitrogens is 1. The molecule has 0 radical (unpaired) electrons. The number of likely N-dealkylation sites (N-methyl/N-ethyl adjacent to an activating group) is 1. The highest BCUT2D eigenvalue weighted by atomic mass is 16.5. The van der Waals surface area contributed by atoms with Gasteiger partial charge < -0.3 is 19.9 Å². The van der Waals surface area contributed by atoms with Crippen molar-refractivity contribution in [2.24, 2.45) is 0 Å².